The van der Waals surface area contributed by atoms with Gasteiger partial charge in [-0.3, -0.25) is 10.1 Å². The first-order valence-electron chi connectivity index (χ1n) is 5.68. The summed E-state index contributed by atoms with van der Waals surface area (Å²) in [7, 11) is -2.59. The fourth-order valence-corrected chi connectivity index (χ4v) is 2.59. The molecule has 0 spiro atoms. The van der Waals surface area contributed by atoms with E-state index in [4.69, 9.17) is 10.5 Å². The third kappa shape index (κ3) is 4.15. The molecule has 0 aromatic heterocycles. The average molecular weight is 303 g/mol. The molecule has 0 bridgehead atoms. The predicted octanol–water partition coefficient (Wildman–Crippen LogP) is 0.619. The smallest absolute Gasteiger partial charge is 0.312 e. The zero-order valence-electron chi connectivity index (χ0n) is 11.4. The number of nitrogens with zero attached hydrogens (tertiary/aromatic N) is 1. The molecule has 1 aromatic rings. The summed E-state index contributed by atoms with van der Waals surface area (Å²) in [6.07, 6.45) is 0. The van der Waals surface area contributed by atoms with Crippen molar-refractivity contribution >= 4 is 15.7 Å². The van der Waals surface area contributed by atoms with Gasteiger partial charge in [0, 0.05) is 18.2 Å². The van der Waals surface area contributed by atoms with Crippen LogP contribution in [0.1, 0.15) is 13.8 Å². The summed E-state index contributed by atoms with van der Waals surface area (Å²) in [4.78, 5) is 9.95. The van der Waals surface area contributed by atoms with Gasteiger partial charge in [-0.1, -0.05) is 0 Å². The van der Waals surface area contributed by atoms with Gasteiger partial charge in [0.05, 0.1) is 16.9 Å². The SMILES string of the molecule is COc1ccc(S(=O)(=O)NCC(C)(C)N)cc1[N+](=O)[O-]. The van der Waals surface area contributed by atoms with Crippen molar-refractivity contribution in [1.82, 2.24) is 4.72 Å². The van der Waals surface area contributed by atoms with E-state index in [0.717, 1.165) is 6.07 Å². The van der Waals surface area contributed by atoms with Gasteiger partial charge in [-0.2, -0.15) is 0 Å². The summed E-state index contributed by atoms with van der Waals surface area (Å²) in [5.41, 5.74) is 4.54. The number of benzene rings is 1. The molecule has 0 heterocycles. The maximum Gasteiger partial charge on any atom is 0.312 e. The lowest BCUT2D eigenvalue weighted by Crippen LogP contribution is -2.45. The Morgan fingerprint density at radius 3 is 2.50 bits per heavy atom. The topological polar surface area (TPSA) is 125 Å². The second kappa shape index (κ2) is 5.73. The van der Waals surface area contributed by atoms with Gasteiger partial charge >= 0.3 is 5.69 Å². The van der Waals surface area contributed by atoms with Crippen molar-refractivity contribution in [2.75, 3.05) is 13.7 Å². The van der Waals surface area contributed by atoms with Crippen molar-refractivity contribution in [2.24, 2.45) is 5.73 Å². The summed E-state index contributed by atoms with van der Waals surface area (Å²) in [6, 6.07) is 3.42. The predicted molar refractivity (Wildman–Crippen MR) is 73.1 cm³/mol. The number of ether oxygens (including phenoxy) is 1. The number of methoxy groups -OCH3 is 1. The van der Waals surface area contributed by atoms with Gasteiger partial charge in [-0.25, -0.2) is 13.1 Å². The minimum absolute atomic E-state index is 0.00638. The Bertz CT molecular complexity index is 607. The fraction of sp³-hybridized carbons (Fsp3) is 0.455. The van der Waals surface area contributed by atoms with E-state index < -0.39 is 26.2 Å². The quantitative estimate of drug-likeness (QED) is 0.586. The number of nitrogens with one attached hydrogen (secondary N) is 1. The van der Waals surface area contributed by atoms with E-state index in [-0.39, 0.29) is 17.2 Å². The minimum Gasteiger partial charge on any atom is -0.490 e. The first kappa shape index (κ1) is 16.3. The molecule has 0 atom stereocenters. The summed E-state index contributed by atoms with van der Waals surface area (Å²) < 4.78 is 31.2. The fourth-order valence-electron chi connectivity index (χ4n) is 1.34. The summed E-state index contributed by atoms with van der Waals surface area (Å²) in [5.74, 6) is -0.00638. The highest BCUT2D eigenvalue weighted by molar-refractivity contribution is 7.89. The Kier molecular flexibility index (Phi) is 4.69. The number of sulfonamides is 1. The first-order valence-corrected chi connectivity index (χ1v) is 7.16. The number of nitrogens with two attached hydrogens (primary N) is 1. The van der Waals surface area contributed by atoms with Crippen molar-refractivity contribution < 1.29 is 18.1 Å². The molecule has 0 aliphatic rings. The van der Waals surface area contributed by atoms with Crippen LogP contribution >= 0.6 is 0 Å². The van der Waals surface area contributed by atoms with Crippen LogP contribution in [0.5, 0.6) is 5.75 Å². The molecule has 0 aliphatic heterocycles. The van der Waals surface area contributed by atoms with Crippen molar-refractivity contribution in [2.45, 2.75) is 24.3 Å². The zero-order valence-corrected chi connectivity index (χ0v) is 12.2. The first-order chi connectivity index (χ1) is 9.07. The Hall–Kier alpha value is -1.71. The molecule has 1 rings (SSSR count). The van der Waals surface area contributed by atoms with Crippen LogP contribution in [0.4, 0.5) is 5.69 Å². The third-order valence-corrected chi connectivity index (χ3v) is 3.77. The molecule has 0 fully saturated rings. The molecular weight excluding hydrogens is 286 g/mol. The molecule has 3 N–H and O–H groups in total. The molecule has 1 aromatic carbocycles. The molecule has 20 heavy (non-hydrogen) atoms. The summed E-state index contributed by atoms with van der Waals surface area (Å²) in [5, 5.41) is 10.9. The molecule has 0 amide bonds. The van der Waals surface area contributed by atoms with Gasteiger partial charge in [0.15, 0.2) is 5.75 Å². The third-order valence-electron chi connectivity index (χ3n) is 2.38. The molecule has 0 saturated carbocycles. The number of rotatable bonds is 6. The number of nitro benzene ring substituents is 1. The molecule has 0 saturated heterocycles. The second-order valence-electron chi connectivity index (χ2n) is 4.90. The van der Waals surface area contributed by atoms with Crippen molar-refractivity contribution in [3.8, 4) is 5.75 Å². The van der Waals surface area contributed by atoms with Gasteiger partial charge in [0.1, 0.15) is 0 Å². The number of nitro groups is 1. The van der Waals surface area contributed by atoms with Crippen molar-refractivity contribution in [3.63, 3.8) is 0 Å². The standard InChI is InChI=1S/C11H17N3O5S/c1-11(2,12)7-13-20(17,18)8-4-5-10(19-3)9(6-8)14(15)16/h4-6,13H,7,12H2,1-3H3. The van der Waals surface area contributed by atoms with Crippen LogP contribution in [-0.2, 0) is 10.0 Å². The highest BCUT2D eigenvalue weighted by Crippen LogP contribution is 2.29. The van der Waals surface area contributed by atoms with Crippen molar-refractivity contribution in [3.05, 3.63) is 28.3 Å². The molecule has 9 heteroatoms. The molecule has 0 radical (unpaired) electrons. The normalized spacial score (nSPS) is 12.2. The number of hydrogen-bond donors (Lipinski definition) is 2. The lowest BCUT2D eigenvalue weighted by atomic mass is 10.1. The van der Waals surface area contributed by atoms with Crippen LogP contribution in [0.25, 0.3) is 0 Å². The highest BCUT2D eigenvalue weighted by Gasteiger charge is 2.23. The maximum absolute atomic E-state index is 12.0. The maximum atomic E-state index is 12.0. The average Bonchev–Trinajstić information content (AvgIpc) is 2.35. The van der Waals surface area contributed by atoms with E-state index in [2.05, 4.69) is 4.72 Å². The largest absolute Gasteiger partial charge is 0.490 e. The van der Waals surface area contributed by atoms with E-state index in [0.29, 0.717) is 0 Å². The van der Waals surface area contributed by atoms with E-state index in [9.17, 15) is 18.5 Å². The van der Waals surface area contributed by atoms with Crippen LogP contribution in [0.15, 0.2) is 23.1 Å². The number of hydrogen-bond acceptors (Lipinski definition) is 6. The van der Waals surface area contributed by atoms with Crippen LogP contribution in [0.3, 0.4) is 0 Å². The van der Waals surface area contributed by atoms with Crippen LogP contribution in [0, 0.1) is 10.1 Å². The van der Waals surface area contributed by atoms with E-state index >= 15 is 0 Å². The van der Waals surface area contributed by atoms with Crippen molar-refractivity contribution in [1.29, 1.82) is 0 Å². The Morgan fingerprint density at radius 2 is 2.05 bits per heavy atom. The summed E-state index contributed by atoms with van der Waals surface area (Å²) >= 11 is 0. The Morgan fingerprint density at radius 1 is 1.45 bits per heavy atom. The van der Waals surface area contributed by atoms with E-state index in [1.807, 2.05) is 0 Å². The van der Waals surface area contributed by atoms with E-state index in [1.54, 1.807) is 13.8 Å². The Labute approximate surface area is 117 Å². The Balaban J connectivity index is 3.13. The van der Waals surface area contributed by atoms with Gasteiger partial charge in [0.25, 0.3) is 0 Å². The van der Waals surface area contributed by atoms with Crippen LogP contribution in [0.2, 0.25) is 0 Å². The van der Waals surface area contributed by atoms with Crippen LogP contribution < -0.4 is 15.2 Å². The lowest BCUT2D eigenvalue weighted by Gasteiger charge is -2.18. The second-order valence-corrected chi connectivity index (χ2v) is 6.67. The summed E-state index contributed by atoms with van der Waals surface area (Å²) in [6.45, 7) is 3.33. The minimum atomic E-state index is -3.86. The lowest BCUT2D eigenvalue weighted by molar-refractivity contribution is -0.386. The molecular formula is C11H17N3O5S. The molecule has 0 unspecified atom stereocenters. The zero-order chi connectivity index (χ0) is 15.6. The molecule has 112 valence electrons. The van der Waals surface area contributed by atoms with Gasteiger partial charge in [-0.05, 0) is 26.0 Å². The van der Waals surface area contributed by atoms with Gasteiger partial charge in [-0.15, -0.1) is 0 Å². The molecule has 8 nitrogen and oxygen atoms in total. The van der Waals surface area contributed by atoms with Crippen LogP contribution in [-0.4, -0.2) is 32.5 Å². The molecule has 0 aliphatic carbocycles. The van der Waals surface area contributed by atoms with E-state index in [1.165, 1.54) is 19.2 Å². The monoisotopic (exact) mass is 303 g/mol. The highest BCUT2D eigenvalue weighted by atomic mass is 32.2. The van der Waals surface area contributed by atoms with Gasteiger partial charge in [0.2, 0.25) is 10.0 Å². The van der Waals surface area contributed by atoms with Gasteiger partial charge < -0.3 is 10.5 Å².